The highest BCUT2D eigenvalue weighted by Gasteiger charge is 2.18. The van der Waals surface area contributed by atoms with Crippen LogP contribution in [0.25, 0.3) is 10.1 Å². The van der Waals surface area contributed by atoms with E-state index in [9.17, 15) is 9.90 Å². The van der Waals surface area contributed by atoms with Crippen molar-refractivity contribution in [1.82, 2.24) is 0 Å². The van der Waals surface area contributed by atoms with Gasteiger partial charge < -0.3 is 10.4 Å². The lowest BCUT2D eigenvalue weighted by Crippen LogP contribution is -2.31. The van der Waals surface area contributed by atoms with E-state index < -0.39 is 12.0 Å². The Morgan fingerprint density at radius 1 is 1.10 bits per heavy atom. The Hall–Kier alpha value is -2.33. The molecule has 1 aromatic heterocycles. The summed E-state index contributed by atoms with van der Waals surface area (Å²) >= 11 is 1.58. The Labute approximate surface area is 126 Å². The van der Waals surface area contributed by atoms with E-state index in [-0.39, 0.29) is 0 Å². The molecule has 0 saturated carbocycles. The van der Waals surface area contributed by atoms with Crippen LogP contribution in [0.15, 0.2) is 60.7 Å². The van der Waals surface area contributed by atoms with E-state index in [1.165, 1.54) is 0 Å². The molecule has 1 heterocycles. The zero-order valence-electron chi connectivity index (χ0n) is 11.3. The molecule has 0 radical (unpaired) electrons. The van der Waals surface area contributed by atoms with E-state index in [1.807, 2.05) is 60.7 Å². The second-order valence-corrected chi connectivity index (χ2v) is 5.96. The molecule has 21 heavy (non-hydrogen) atoms. The molecule has 0 fully saturated rings. The van der Waals surface area contributed by atoms with Gasteiger partial charge in [-0.2, -0.15) is 0 Å². The summed E-state index contributed by atoms with van der Waals surface area (Å²) in [7, 11) is 0. The molecule has 3 nitrogen and oxygen atoms in total. The Balaban J connectivity index is 1.80. The highest BCUT2D eigenvalue weighted by atomic mass is 32.1. The first-order chi connectivity index (χ1) is 10.2. The standard InChI is InChI=1S/C17H15NO2S/c19-17(20)14(10-12-6-2-1-3-7-12)18-16-11-13-8-4-5-9-15(13)21-16/h1-9,11,14,18H,10H2,(H,19,20)/t14-/m0/s1. The van der Waals surface area contributed by atoms with Crippen LogP contribution in [-0.4, -0.2) is 17.1 Å². The Bertz CT molecular complexity index is 719. The fraction of sp³-hybridized carbons (Fsp3) is 0.118. The number of nitrogens with one attached hydrogen (secondary N) is 1. The summed E-state index contributed by atoms with van der Waals surface area (Å²) in [4.78, 5) is 11.5. The van der Waals surface area contributed by atoms with Crippen molar-refractivity contribution < 1.29 is 9.90 Å². The van der Waals surface area contributed by atoms with Gasteiger partial charge in [-0.3, -0.25) is 0 Å². The van der Waals surface area contributed by atoms with Gasteiger partial charge in [0, 0.05) is 11.1 Å². The maximum atomic E-state index is 11.5. The fourth-order valence-corrected chi connectivity index (χ4v) is 3.29. The summed E-state index contributed by atoms with van der Waals surface area (Å²) in [5.74, 6) is -0.837. The Kier molecular flexibility index (Phi) is 3.88. The monoisotopic (exact) mass is 297 g/mol. The Morgan fingerprint density at radius 3 is 2.52 bits per heavy atom. The summed E-state index contributed by atoms with van der Waals surface area (Å²) in [5.41, 5.74) is 1.01. The van der Waals surface area contributed by atoms with Gasteiger partial charge in [-0.05, 0) is 23.1 Å². The van der Waals surface area contributed by atoms with E-state index in [0.717, 1.165) is 20.7 Å². The molecule has 0 amide bonds. The minimum atomic E-state index is -0.837. The van der Waals surface area contributed by atoms with Crippen molar-refractivity contribution in [2.75, 3.05) is 5.32 Å². The van der Waals surface area contributed by atoms with Gasteiger partial charge in [-0.15, -0.1) is 11.3 Å². The third-order valence-electron chi connectivity index (χ3n) is 3.32. The molecule has 0 bridgehead atoms. The topological polar surface area (TPSA) is 49.3 Å². The first-order valence-corrected chi connectivity index (χ1v) is 7.56. The summed E-state index contributed by atoms with van der Waals surface area (Å²) in [6, 6.07) is 19.1. The molecule has 0 spiro atoms. The molecule has 0 unspecified atom stereocenters. The third kappa shape index (κ3) is 3.23. The van der Waals surface area contributed by atoms with Crippen LogP contribution in [0.4, 0.5) is 5.00 Å². The SMILES string of the molecule is O=C(O)[C@H](Cc1ccccc1)Nc1cc2ccccc2s1. The van der Waals surface area contributed by atoms with Gasteiger partial charge in [0.05, 0.1) is 5.00 Å². The number of fused-ring (bicyclic) bond motifs is 1. The zero-order valence-corrected chi connectivity index (χ0v) is 12.1. The van der Waals surface area contributed by atoms with Gasteiger partial charge in [0.1, 0.15) is 6.04 Å². The van der Waals surface area contributed by atoms with Crippen molar-refractivity contribution >= 4 is 32.4 Å². The van der Waals surface area contributed by atoms with Gasteiger partial charge in [-0.25, -0.2) is 4.79 Å². The molecule has 0 saturated heterocycles. The van der Waals surface area contributed by atoms with E-state index in [0.29, 0.717) is 6.42 Å². The van der Waals surface area contributed by atoms with E-state index >= 15 is 0 Å². The average Bonchev–Trinajstić information content (AvgIpc) is 2.90. The minimum Gasteiger partial charge on any atom is -0.480 e. The zero-order chi connectivity index (χ0) is 14.7. The predicted molar refractivity (Wildman–Crippen MR) is 87.0 cm³/mol. The summed E-state index contributed by atoms with van der Waals surface area (Å²) in [6.07, 6.45) is 0.463. The van der Waals surface area contributed by atoms with Gasteiger partial charge in [0.2, 0.25) is 0 Å². The van der Waals surface area contributed by atoms with Crippen molar-refractivity contribution in [3.05, 3.63) is 66.2 Å². The van der Waals surface area contributed by atoms with E-state index in [4.69, 9.17) is 0 Å². The first kappa shape index (κ1) is 13.6. The minimum absolute atomic E-state index is 0.463. The van der Waals surface area contributed by atoms with Crippen LogP contribution in [0.1, 0.15) is 5.56 Å². The van der Waals surface area contributed by atoms with Crippen molar-refractivity contribution in [2.45, 2.75) is 12.5 Å². The number of carbonyl (C=O) groups is 1. The number of thiophene rings is 1. The van der Waals surface area contributed by atoms with Crippen LogP contribution in [0.5, 0.6) is 0 Å². The number of anilines is 1. The lowest BCUT2D eigenvalue weighted by Gasteiger charge is -2.14. The number of hydrogen-bond acceptors (Lipinski definition) is 3. The number of rotatable bonds is 5. The summed E-state index contributed by atoms with van der Waals surface area (Å²) in [6.45, 7) is 0. The van der Waals surface area contributed by atoms with Crippen LogP contribution >= 0.6 is 11.3 Å². The lowest BCUT2D eigenvalue weighted by molar-refractivity contribution is -0.137. The average molecular weight is 297 g/mol. The van der Waals surface area contributed by atoms with Gasteiger partial charge >= 0.3 is 5.97 Å². The van der Waals surface area contributed by atoms with Crippen molar-refractivity contribution in [3.8, 4) is 0 Å². The number of hydrogen-bond donors (Lipinski definition) is 2. The molecule has 106 valence electrons. The molecule has 4 heteroatoms. The van der Waals surface area contributed by atoms with E-state index in [2.05, 4.69) is 5.32 Å². The van der Waals surface area contributed by atoms with Crippen molar-refractivity contribution in [1.29, 1.82) is 0 Å². The molecule has 0 aliphatic rings. The van der Waals surface area contributed by atoms with Crippen LogP contribution in [0.2, 0.25) is 0 Å². The summed E-state index contributed by atoms with van der Waals surface area (Å²) in [5, 5.41) is 14.6. The second kappa shape index (κ2) is 5.97. The molecule has 2 aromatic carbocycles. The number of carboxylic acid groups (broad SMARTS) is 1. The van der Waals surface area contributed by atoms with E-state index in [1.54, 1.807) is 11.3 Å². The van der Waals surface area contributed by atoms with Crippen molar-refractivity contribution in [2.24, 2.45) is 0 Å². The first-order valence-electron chi connectivity index (χ1n) is 6.74. The Morgan fingerprint density at radius 2 is 1.81 bits per heavy atom. The quantitative estimate of drug-likeness (QED) is 0.748. The van der Waals surface area contributed by atoms with Crippen LogP contribution in [0, 0.1) is 0 Å². The van der Waals surface area contributed by atoms with Crippen LogP contribution in [-0.2, 0) is 11.2 Å². The highest BCUT2D eigenvalue weighted by Crippen LogP contribution is 2.30. The molecule has 0 aliphatic heterocycles. The molecule has 2 N–H and O–H groups in total. The van der Waals surface area contributed by atoms with Crippen LogP contribution in [0.3, 0.4) is 0 Å². The maximum Gasteiger partial charge on any atom is 0.326 e. The van der Waals surface area contributed by atoms with Crippen LogP contribution < -0.4 is 5.32 Å². The third-order valence-corrected chi connectivity index (χ3v) is 4.37. The highest BCUT2D eigenvalue weighted by molar-refractivity contribution is 7.22. The molecule has 3 rings (SSSR count). The lowest BCUT2D eigenvalue weighted by atomic mass is 10.1. The largest absolute Gasteiger partial charge is 0.480 e. The van der Waals surface area contributed by atoms with Gasteiger partial charge in [-0.1, -0.05) is 48.5 Å². The summed E-state index contributed by atoms with van der Waals surface area (Å²) < 4.78 is 1.16. The molecular weight excluding hydrogens is 282 g/mol. The molecule has 0 aliphatic carbocycles. The second-order valence-electron chi connectivity index (χ2n) is 4.87. The smallest absolute Gasteiger partial charge is 0.326 e. The number of benzene rings is 2. The number of aliphatic carboxylic acids is 1. The fourth-order valence-electron chi connectivity index (χ4n) is 2.27. The molecule has 1 atom stereocenters. The maximum absolute atomic E-state index is 11.5. The molecular formula is C17H15NO2S. The normalized spacial score (nSPS) is 12.2. The van der Waals surface area contributed by atoms with Crippen molar-refractivity contribution in [3.63, 3.8) is 0 Å². The van der Waals surface area contributed by atoms with Gasteiger partial charge in [0.15, 0.2) is 0 Å². The van der Waals surface area contributed by atoms with Gasteiger partial charge in [0.25, 0.3) is 0 Å². The number of carboxylic acids is 1. The molecule has 3 aromatic rings. The predicted octanol–water partition coefficient (Wildman–Crippen LogP) is 4.01.